The average molecular weight is 363 g/mol. The van der Waals surface area contributed by atoms with Gasteiger partial charge in [0.05, 0.1) is 14.2 Å². The summed E-state index contributed by atoms with van der Waals surface area (Å²) in [4.78, 5) is 2.43. The summed E-state index contributed by atoms with van der Waals surface area (Å²) in [6.45, 7) is 6.02. The molecular formula is C20H27ClN2O2. The summed E-state index contributed by atoms with van der Waals surface area (Å²) in [6.07, 6.45) is 1.13. The Kier molecular flexibility index (Phi) is 6.97. The molecule has 0 radical (unpaired) electrons. The fourth-order valence-electron chi connectivity index (χ4n) is 3.29. The van der Waals surface area contributed by atoms with Gasteiger partial charge >= 0.3 is 0 Å². The molecule has 0 aromatic heterocycles. The van der Waals surface area contributed by atoms with Crippen LogP contribution in [0.2, 0.25) is 0 Å². The number of hydrogen-bond donors (Lipinski definition) is 1. The van der Waals surface area contributed by atoms with Gasteiger partial charge in [-0.05, 0) is 30.2 Å². The Balaban J connectivity index is 0.00000225. The van der Waals surface area contributed by atoms with Crippen molar-refractivity contribution in [1.82, 2.24) is 4.90 Å². The Labute approximate surface area is 156 Å². The van der Waals surface area contributed by atoms with Gasteiger partial charge in [-0.2, -0.15) is 0 Å². The summed E-state index contributed by atoms with van der Waals surface area (Å²) in [5.74, 6) is 1.70. The lowest BCUT2D eigenvalue weighted by Crippen LogP contribution is -2.23. The first-order chi connectivity index (χ1) is 11.7. The van der Waals surface area contributed by atoms with E-state index < -0.39 is 0 Å². The van der Waals surface area contributed by atoms with Crippen molar-refractivity contribution in [3.8, 4) is 11.5 Å². The van der Waals surface area contributed by atoms with Crippen molar-refractivity contribution in [2.45, 2.75) is 26.4 Å². The van der Waals surface area contributed by atoms with Crippen LogP contribution in [0.25, 0.3) is 0 Å². The third kappa shape index (κ3) is 4.39. The number of nitrogens with one attached hydrogen (secondary N) is 1. The highest BCUT2D eigenvalue weighted by atomic mass is 35.5. The zero-order valence-corrected chi connectivity index (χ0v) is 16.0. The lowest BCUT2D eigenvalue weighted by molar-refractivity contribution is 0.266. The molecule has 1 aliphatic rings. The Morgan fingerprint density at radius 2 is 1.84 bits per heavy atom. The van der Waals surface area contributed by atoms with E-state index in [2.05, 4.69) is 41.4 Å². The largest absolute Gasteiger partial charge is 0.497 e. The molecule has 0 spiro atoms. The number of para-hydroxylation sites is 1. The van der Waals surface area contributed by atoms with Crippen molar-refractivity contribution in [1.29, 1.82) is 0 Å². The van der Waals surface area contributed by atoms with Gasteiger partial charge in [0, 0.05) is 37.0 Å². The summed E-state index contributed by atoms with van der Waals surface area (Å²) in [5.41, 5.74) is 5.32. The molecule has 25 heavy (non-hydrogen) atoms. The van der Waals surface area contributed by atoms with Crippen molar-refractivity contribution >= 4 is 18.1 Å². The van der Waals surface area contributed by atoms with E-state index in [4.69, 9.17) is 9.47 Å². The van der Waals surface area contributed by atoms with Crippen LogP contribution in [0.5, 0.6) is 11.5 Å². The third-order valence-corrected chi connectivity index (χ3v) is 4.66. The smallest absolute Gasteiger partial charge is 0.127 e. The first-order valence-corrected chi connectivity index (χ1v) is 8.53. The molecule has 0 amide bonds. The van der Waals surface area contributed by atoms with E-state index in [-0.39, 0.29) is 12.4 Å². The summed E-state index contributed by atoms with van der Waals surface area (Å²) in [7, 11) is 3.39. The first kappa shape index (κ1) is 19.4. The molecule has 0 saturated heterocycles. The summed E-state index contributed by atoms with van der Waals surface area (Å²) in [5, 5.41) is 3.53. The molecule has 0 saturated carbocycles. The van der Waals surface area contributed by atoms with Gasteiger partial charge in [0.25, 0.3) is 0 Å². The molecular weight excluding hydrogens is 336 g/mol. The van der Waals surface area contributed by atoms with Gasteiger partial charge in [-0.1, -0.05) is 31.2 Å². The van der Waals surface area contributed by atoms with Gasteiger partial charge in [0.2, 0.25) is 0 Å². The van der Waals surface area contributed by atoms with E-state index in [1.165, 1.54) is 22.4 Å². The van der Waals surface area contributed by atoms with Crippen LogP contribution >= 0.6 is 12.4 Å². The highest BCUT2D eigenvalue weighted by molar-refractivity contribution is 5.85. The summed E-state index contributed by atoms with van der Waals surface area (Å²) < 4.78 is 10.8. The Morgan fingerprint density at radius 1 is 1.04 bits per heavy atom. The molecule has 1 heterocycles. The SMILES string of the molecule is CCN(Cc1ccc(OC)cc1OC)Cc1cccc2c1NCC2.Cl. The standard InChI is InChI=1S/C20H26N2O2.ClH/c1-4-22(13-16-8-9-18(23-2)12-19(16)24-3)14-17-7-5-6-15-10-11-21-20(15)17;/h5-9,12,21H,4,10-11,13-14H2,1-3H3;1H. The first-order valence-electron chi connectivity index (χ1n) is 8.53. The van der Waals surface area contributed by atoms with Gasteiger partial charge in [0.15, 0.2) is 0 Å². The lowest BCUT2D eigenvalue weighted by atomic mass is 10.1. The monoisotopic (exact) mass is 362 g/mol. The van der Waals surface area contributed by atoms with E-state index in [1.807, 2.05) is 12.1 Å². The quantitative estimate of drug-likeness (QED) is 0.803. The fraction of sp³-hybridized carbons (Fsp3) is 0.400. The van der Waals surface area contributed by atoms with Crippen LogP contribution in [0.3, 0.4) is 0 Å². The molecule has 5 heteroatoms. The van der Waals surface area contributed by atoms with Crippen molar-refractivity contribution in [2.24, 2.45) is 0 Å². The molecule has 0 aliphatic carbocycles. The maximum absolute atomic E-state index is 5.54. The van der Waals surface area contributed by atoms with Gasteiger partial charge in [-0.15, -0.1) is 12.4 Å². The zero-order valence-electron chi connectivity index (χ0n) is 15.2. The van der Waals surface area contributed by atoms with Crippen molar-refractivity contribution in [2.75, 3.05) is 32.6 Å². The molecule has 0 unspecified atom stereocenters. The zero-order chi connectivity index (χ0) is 16.9. The maximum Gasteiger partial charge on any atom is 0.127 e. The topological polar surface area (TPSA) is 33.7 Å². The van der Waals surface area contributed by atoms with E-state index in [9.17, 15) is 0 Å². The normalized spacial score (nSPS) is 12.3. The predicted molar refractivity (Wildman–Crippen MR) is 105 cm³/mol. The van der Waals surface area contributed by atoms with Gasteiger partial charge in [0.1, 0.15) is 11.5 Å². The number of nitrogens with zero attached hydrogens (tertiary/aromatic N) is 1. The van der Waals surface area contributed by atoms with E-state index in [0.717, 1.165) is 44.1 Å². The molecule has 0 bridgehead atoms. The van der Waals surface area contributed by atoms with Crippen LogP contribution in [-0.2, 0) is 19.5 Å². The number of hydrogen-bond acceptors (Lipinski definition) is 4. The summed E-state index contributed by atoms with van der Waals surface area (Å²) in [6, 6.07) is 12.7. The summed E-state index contributed by atoms with van der Waals surface area (Å²) >= 11 is 0. The Morgan fingerprint density at radius 3 is 2.56 bits per heavy atom. The highest BCUT2D eigenvalue weighted by Crippen LogP contribution is 2.29. The second-order valence-corrected chi connectivity index (χ2v) is 6.11. The number of ether oxygens (including phenoxy) is 2. The number of methoxy groups -OCH3 is 2. The Bertz CT molecular complexity index is 706. The number of rotatable bonds is 7. The highest BCUT2D eigenvalue weighted by Gasteiger charge is 2.16. The number of fused-ring (bicyclic) bond motifs is 1. The second-order valence-electron chi connectivity index (χ2n) is 6.11. The minimum atomic E-state index is 0. The van der Waals surface area contributed by atoms with Crippen molar-refractivity contribution in [3.05, 3.63) is 53.1 Å². The number of benzene rings is 2. The number of anilines is 1. The fourth-order valence-corrected chi connectivity index (χ4v) is 3.29. The minimum absolute atomic E-state index is 0. The maximum atomic E-state index is 5.54. The predicted octanol–water partition coefficient (Wildman–Crippen LogP) is 4.12. The van der Waals surface area contributed by atoms with Crippen LogP contribution < -0.4 is 14.8 Å². The van der Waals surface area contributed by atoms with Crippen LogP contribution in [0.1, 0.15) is 23.6 Å². The van der Waals surface area contributed by atoms with E-state index in [0.29, 0.717) is 0 Å². The van der Waals surface area contributed by atoms with Crippen molar-refractivity contribution < 1.29 is 9.47 Å². The molecule has 0 fully saturated rings. The van der Waals surface area contributed by atoms with Crippen molar-refractivity contribution in [3.63, 3.8) is 0 Å². The third-order valence-electron chi connectivity index (χ3n) is 4.66. The van der Waals surface area contributed by atoms with Crippen LogP contribution in [0.4, 0.5) is 5.69 Å². The minimum Gasteiger partial charge on any atom is -0.497 e. The lowest BCUT2D eigenvalue weighted by Gasteiger charge is -2.23. The van der Waals surface area contributed by atoms with E-state index >= 15 is 0 Å². The molecule has 3 rings (SSSR count). The molecule has 2 aromatic rings. The Hall–Kier alpha value is -1.91. The molecule has 0 atom stereocenters. The molecule has 1 aliphatic heterocycles. The van der Waals surface area contributed by atoms with Crippen LogP contribution in [-0.4, -0.2) is 32.2 Å². The van der Waals surface area contributed by atoms with Gasteiger partial charge < -0.3 is 14.8 Å². The van der Waals surface area contributed by atoms with Crippen LogP contribution in [0, 0.1) is 0 Å². The molecule has 2 aromatic carbocycles. The average Bonchev–Trinajstić information content (AvgIpc) is 3.11. The second kappa shape index (κ2) is 8.97. The van der Waals surface area contributed by atoms with Gasteiger partial charge in [-0.25, -0.2) is 0 Å². The van der Waals surface area contributed by atoms with Gasteiger partial charge in [-0.3, -0.25) is 4.90 Å². The number of halogens is 1. The molecule has 1 N–H and O–H groups in total. The molecule has 136 valence electrons. The van der Waals surface area contributed by atoms with Crippen LogP contribution in [0.15, 0.2) is 36.4 Å². The molecule has 4 nitrogen and oxygen atoms in total. The van der Waals surface area contributed by atoms with E-state index in [1.54, 1.807) is 14.2 Å².